The molecule has 0 aromatic heterocycles. The molecule has 2 aliphatic heterocycles. The number of nitrogens with one attached hydrogen (secondary N) is 3. The number of hydrogen-bond acceptors (Lipinski definition) is 5. The molecule has 0 bridgehead atoms. The molecule has 9 nitrogen and oxygen atoms in total. The molecule has 10 heteroatoms. The van der Waals surface area contributed by atoms with Crippen molar-refractivity contribution in [3.63, 3.8) is 0 Å². The Morgan fingerprint density at radius 2 is 1.94 bits per heavy atom. The molecule has 1 unspecified atom stereocenters. The SMILES string of the molecule is CC(C)(C)c1ccc(NC(=O)NCc2ccc3c(c2O)CN(C2CCC(=O)NC2=O)C3=O)cc1Cl. The van der Waals surface area contributed by atoms with Gasteiger partial charge in [0.2, 0.25) is 11.8 Å². The molecule has 0 aliphatic carbocycles. The number of phenolic OH excluding ortho intramolecular Hbond substituents is 1. The topological polar surface area (TPSA) is 128 Å². The first kappa shape index (κ1) is 24.5. The summed E-state index contributed by atoms with van der Waals surface area (Å²) in [5, 5.41) is 19.0. The van der Waals surface area contributed by atoms with E-state index < -0.39 is 18.0 Å². The van der Waals surface area contributed by atoms with Crippen LogP contribution in [0.4, 0.5) is 10.5 Å². The van der Waals surface area contributed by atoms with Crippen LogP contribution in [-0.2, 0) is 28.1 Å². The molecule has 0 saturated carbocycles. The molecule has 1 fully saturated rings. The largest absolute Gasteiger partial charge is 0.507 e. The normalized spacial score (nSPS) is 17.8. The van der Waals surface area contributed by atoms with E-state index in [0.717, 1.165) is 5.56 Å². The minimum Gasteiger partial charge on any atom is -0.507 e. The van der Waals surface area contributed by atoms with Crippen LogP contribution in [0, 0.1) is 0 Å². The zero-order valence-electron chi connectivity index (χ0n) is 19.7. The molecule has 35 heavy (non-hydrogen) atoms. The number of amides is 5. The number of imide groups is 1. The summed E-state index contributed by atoms with van der Waals surface area (Å²) < 4.78 is 0. The number of nitrogens with zero attached hydrogens (tertiary/aromatic N) is 1. The summed E-state index contributed by atoms with van der Waals surface area (Å²) in [6.07, 6.45) is 0.386. The van der Waals surface area contributed by atoms with Crippen molar-refractivity contribution in [1.29, 1.82) is 0 Å². The molecule has 184 valence electrons. The van der Waals surface area contributed by atoms with Crippen LogP contribution < -0.4 is 16.0 Å². The van der Waals surface area contributed by atoms with E-state index in [1.54, 1.807) is 24.3 Å². The van der Waals surface area contributed by atoms with Crippen LogP contribution in [-0.4, -0.2) is 39.8 Å². The van der Waals surface area contributed by atoms with Crippen molar-refractivity contribution >= 4 is 41.0 Å². The maximum absolute atomic E-state index is 12.8. The molecule has 5 amide bonds. The minimum atomic E-state index is -0.768. The Hall–Kier alpha value is -3.59. The van der Waals surface area contributed by atoms with Crippen LogP contribution >= 0.6 is 11.6 Å². The van der Waals surface area contributed by atoms with Crippen molar-refractivity contribution in [2.24, 2.45) is 0 Å². The van der Waals surface area contributed by atoms with Crippen molar-refractivity contribution < 1.29 is 24.3 Å². The first-order valence-corrected chi connectivity index (χ1v) is 11.7. The lowest BCUT2D eigenvalue weighted by Gasteiger charge is -2.29. The van der Waals surface area contributed by atoms with E-state index in [1.165, 1.54) is 4.90 Å². The van der Waals surface area contributed by atoms with E-state index in [4.69, 9.17) is 11.6 Å². The maximum atomic E-state index is 12.8. The number of rotatable bonds is 4. The summed E-state index contributed by atoms with van der Waals surface area (Å²) in [5.41, 5.74) is 2.49. The fourth-order valence-corrected chi connectivity index (χ4v) is 4.83. The van der Waals surface area contributed by atoms with E-state index in [9.17, 15) is 24.3 Å². The number of carbonyl (C=O) groups excluding carboxylic acids is 4. The fourth-order valence-electron chi connectivity index (χ4n) is 4.37. The third-order valence-electron chi connectivity index (χ3n) is 6.25. The number of anilines is 1. The van der Waals surface area contributed by atoms with Crippen LogP contribution in [0.2, 0.25) is 5.02 Å². The molecule has 4 rings (SSSR count). The van der Waals surface area contributed by atoms with E-state index in [2.05, 4.69) is 36.7 Å². The lowest BCUT2D eigenvalue weighted by molar-refractivity contribution is -0.136. The van der Waals surface area contributed by atoms with Crippen molar-refractivity contribution in [2.75, 3.05) is 5.32 Å². The second kappa shape index (κ2) is 9.22. The third kappa shape index (κ3) is 4.95. The summed E-state index contributed by atoms with van der Waals surface area (Å²) in [6.45, 7) is 6.22. The number of halogens is 1. The van der Waals surface area contributed by atoms with Crippen LogP contribution in [0.1, 0.15) is 60.7 Å². The predicted octanol–water partition coefficient (Wildman–Crippen LogP) is 3.43. The van der Waals surface area contributed by atoms with Crippen LogP contribution in [0.5, 0.6) is 5.75 Å². The highest BCUT2D eigenvalue weighted by Crippen LogP contribution is 2.35. The van der Waals surface area contributed by atoms with E-state index in [-0.39, 0.29) is 48.9 Å². The molecule has 2 aliphatic rings. The number of aromatic hydroxyl groups is 1. The van der Waals surface area contributed by atoms with Gasteiger partial charge in [-0.25, -0.2) is 4.79 Å². The fraction of sp³-hybridized carbons (Fsp3) is 0.360. The number of fused-ring (bicyclic) bond motifs is 1. The average Bonchev–Trinajstić information content (AvgIpc) is 3.09. The maximum Gasteiger partial charge on any atom is 0.319 e. The van der Waals surface area contributed by atoms with Crippen LogP contribution in [0.25, 0.3) is 0 Å². The Kier molecular flexibility index (Phi) is 6.46. The third-order valence-corrected chi connectivity index (χ3v) is 6.56. The van der Waals surface area contributed by atoms with Gasteiger partial charge in [-0.15, -0.1) is 0 Å². The van der Waals surface area contributed by atoms with Gasteiger partial charge in [-0.1, -0.05) is 44.5 Å². The quantitative estimate of drug-likeness (QED) is 0.480. The number of urea groups is 1. The first-order valence-electron chi connectivity index (χ1n) is 11.3. The van der Waals surface area contributed by atoms with Gasteiger partial charge in [0.1, 0.15) is 11.8 Å². The first-order chi connectivity index (χ1) is 16.5. The molecule has 2 heterocycles. The summed E-state index contributed by atoms with van der Waals surface area (Å²) >= 11 is 6.36. The van der Waals surface area contributed by atoms with E-state index >= 15 is 0 Å². The van der Waals surface area contributed by atoms with Crippen molar-refractivity contribution in [2.45, 2.75) is 58.2 Å². The molecule has 0 radical (unpaired) electrons. The molecule has 1 saturated heterocycles. The van der Waals surface area contributed by atoms with Gasteiger partial charge in [-0.05, 0) is 35.6 Å². The zero-order chi connectivity index (χ0) is 25.5. The minimum absolute atomic E-state index is 0.0192. The summed E-state index contributed by atoms with van der Waals surface area (Å²) in [5.74, 6) is -1.37. The smallest absolute Gasteiger partial charge is 0.319 e. The van der Waals surface area contributed by atoms with Gasteiger partial charge >= 0.3 is 6.03 Å². The molecule has 1 atom stereocenters. The second-order valence-corrected chi connectivity index (χ2v) is 10.2. The Morgan fingerprint density at radius 3 is 2.60 bits per heavy atom. The molecule has 4 N–H and O–H groups in total. The Bertz CT molecular complexity index is 1240. The molecule has 2 aromatic rings. The lowest BCUT2D eigenvalue weighted by atomic mass is 9.87. The van der Waals surface area contributed by atoms with Crippen LogP contribution in [0.15, 0.2) is 30.3 Å². The number of phenols is 1. The Morgan fingerprint density at radius 1 is 1.20 bits per heavy atom. The summed E-state index contributed by atoms with van der Waals surface area (Å²) in [6, 6.07) is 7.22. The lowest BCUT2D eigenvalue weighted by Crippen LogP contribution is -2.52. The van der Waals surface area contributed by atoms with Gasteiger partial charge in [0.25, 0.3) is 5.91 Å². The number of hydrogen-bond donors (Lipinski definition) is 4. The Labute approximate surface area is 207 Å². The van der Waals surface area contributed by atoms with Crippen molar-refractivity contribution in [1.82, 2.24) is 15.5 Å². The monoisotopic (exact) mass is 498 g/mol. The van der Waals surface area contributed by atoms with Gasteiger partial charge in [-0.3, -0.25) is 19.7 Å². The average molecular weight is 499 g/mol. The molecular formula is C25H27ClN4O5. The zero-order valence-corrected chi connectivity index (χ0v) is 20.5. The van der Waals surface area contributed by atoms with Gasteiger partial charge in [0, 0.05) is 40.4 Å². The van der Waals surface area contributed by atoms with Gasteiger partial charge in [0.05, 0.1) is 6.54 Å². The second-order valence-electron chi connectivity index (χ2n) is 9.75. The highest BCUT2D eigenvalue weighted by atomic mass is 35.5. The van der Waals surface area contributed by atoms with Crippen LogP contribution in [0.3, 0.4) is 0 Å². The van der Waals surface area contributed by atoms with Gasteiger partial charge in [0.15, 0.2) is 0 Å². The van der Waals surface area contributed by atoms with E-state index in [0.29, 0.717) is 27.4 Å². The molecule has 0 spiro atoms. The number of carbonyl (C=O) groups is 4. The summed E-state index contributed by atoms with van der Waals surface area (Å²) in [7, 11) is 0. The highest BCUT2D eigenvalue weighted by molar-refractivity contribution is 6.31. The van der Waals surface area contributed by atoms with E-state index in [1.807, 2.05) is 6.07 Å². The molecule has 2 aromatic carbocycles. The predicted molar refractivity (Wildman–Crippen MR) is 130 cm³/mol. The number of benzene rings is 2. The van der Waals surface area contributed by atoms with Gasteiger partial charge < -0.3 is 20.6 Å². The Balaban J connectivity index is 1.41. The standard InChI is InChI=1S/C25H27ClN4O5/c1-25(2,3)17-7-5-14(10-18(17)26)28-24(35)27-11-13-4-6-15-16(21(13)32)12-30(23(15)34)19-8-9-20(31)29-22(19)33/h4-7,10,19,32H,8-9,11-12H2,1-3H3,(H2,27,28,35)(H,29,31,33). The highest BCUT2D eigenvalue weighted by Gasteiger charge is 2.40. The molecular weight excluding hydrogens is 472 g/mol. The van der Waals surface area contributed by atoms with Crippen molar-refractivity contribution in [3.05, 3.63) is 57.6 Å². The summed E-state index contributed by atoms with van der Waals surface area (Å²) in [4.78, 5) is 50.2. The van der Waals surface area contributed by atoms with Crippen molar-refractivity contribution in [3.8, 4) is 5.75 Å². The number of piperidine rings is 1. The van der Waals surface area contributed by atoms with Gasteiger partial charge in [-0.2, -0.15) is 0 Å².